The van der Waals surface area contributed by atoms with Crippen molar-refractivity contribution in [3.8, 4) is 11.8 Å². The van der Waals surface area contributed by atoms with Gasteiger partial charge < -0.3 is 14.5 Å². The number of nitrogens with one attached hydrogen (secondary N) is 1. The van der Waals surface area contributed by atoms with Gasteiger partial charge in [-0.05, 0) is 46.5 Å². The molecule has 2 heterocycles. The van der Waals surface area contributed by atoms with Crippen molar-refractivity contribution in [1.29, 1.82) is 0 Å². The molecule has 0 spiro atoms. The summed E-state index contributed by atoms with van der Waals surface area (Å²) in [5.74, 6) is 4.48. The van der Waals surface area contributed by atoms with Gasteiger partial charge in [0.1, 0.15) is 22.7 Å². The van der Waals surface area contributed by atoms with Crippen molar-refractivity contribution in [3.05, 3.63) is 58.2 Å². The second-order valence-electron chi connectivity index (χ2n) is 5.77. The van der Waals surface area contributed by atoms with Crippen LogP contribution in [0.2, 0.25) is 0 Å². The van der Waals surface area contributed by atoms with Crippen molar-refractivity contribution in [2.45, 2.75) is 12.5 Å². The standard InChI is InChI=1S/C19H15BrFN3O3/c1-19(27-11-26-2,12-4-3-5-13(21)8-12)7-6-15(25)14-9-22-18-17(14)24-16(20)10-23-18/h3-5,8-10H,11H2,1-2H3,(H,22,23). The Kier molecular flexibility index (Phi) is 5.65. The number of halogens is 2. The van der Waals surface area contributed by atoms with Crippen molar-refractivity contribution in [2.24, 2.45) is 0 Å². The van der Waals surface area contributed by atoms with Crippen molar-refractivity contribution in [1.82, 2.24) is 15.0 Å². The molecule has 2 aromatic heterocycles. The number of aromatic nitrogens is 3. The zero-order valence-corrected chi connectivity index (χ0v) is 16.1. The highest BCUT2D eigenvalue weighted by atomic mass is 79.9. The van der Waals surface area contributed by atoms with E-state index in [9.17, 15) is 9.18 Å². The first kappa shape index (κ1) is 19.2. The maximum Gasteiger partial charge on any atom is 0.239 e. The number of carbonyl (C=O) groups excluding carboxylic acids is 1. The summed E-state index contributed by atoms with van der Waals surface area (Å²) in [6.07, 6.45) is 3.03. The van der Waals surface area contributed by atoms with E-state index >= 15 is 0 Å². The van der Waals surface area contributed by atoms with Crippen LogP contribution in [0.3, 0.4) is 0 Å². The molecule has 0 fully saturated rings. The summed E-state index contributed by atoms with van der Waals surface area (Å²) in [5.41, 5.74) is 0.424. The molecule has 0 radical (unpaired) electrons. The number of Topliss-reactive ketones (excluding diaryl/α,β-unsaturated/α-hetero) is 1. The number of H-pyrrole nitrogens is 1. The molecule has 8 heteroatoms. The predicted molar refractivity (Wildman–Crippen MR) is 100 cm³/mol. The van der Waals surface area contributed by atoms with Crippen LogP contribution in [0.4, 0.5) is 4.39 Å². The molecule has 1 atom stereocenters. The van der Waals surface area contributed by atoms with Gasteiger partial charge in [0.15, 0.2) is 11.2 Å². The van der Waals surface area contributed by atoms with Crippen molar-refractivity contribution in [3.63, 3.8) is 0 Å². The number of rotatable bonds is 5. The molecule has 6 nitrogen and oxygen atoms in total. The lowest BCUT2D eigenvalue weighted by molar-refractivity contribution is -0.0991. The van der Waals surface area contributed by atoms with E-state index in [0.717, 1.165) is 0 Å². The number of hydrogen-bond donors (Lipinski definition) is 1. The lowest BCUT2D eigenvalue weighted by Gasteiger charge is -2.24. The average Bonchev–Trinajstić information content (AvgIpc) is 3.07. The number of carbonyl (C=O) groups is 1. The van der Waals surface area contributed by atoms with Gasteiger partial charge in [-0.15, -0.1) is 0 Å². The van der Waals surface area contributed by atoms with E-state index in [0.29, 0.717) is 26.9 Å². The van der Waals surface area contributed by atoms with Crippen molar-refractivity contribution >= 4 is 32.9 Å². The Morgan fingerprint density at radius 2 is 2.26 bits per heavy atom. The van der Waals surface area contributed by atoms with E-state index < -0.39 is 17.2 Å². The lowest BCUT2D eigenvalue weighted by atomic mass is 9.95. The Bertz CT molecular complexity index is 1060. The van der Waals surface area contributed by atoms with E-state index in [4.69, 9.17) is 9.47 Å². The van der Waals surface area contributed by atoms with Gasteiger partial charge in [-0.1, -0.05) is 18.1 Å². The van der Waals surface area contributed by atoms with E-state index in [-0.39, 0.29) is 6.79 Å². The zero-order valence-electron chi connectivity index (χ0n) is 14.5. The van der Waals surface area contributed by atoms with Gasteiger partial charge >= 0.3 is 0 Å². The number of benzene rings is 1. The van der Waals surface area contributed by atoms with Gasteiger partial charge in [-0.3, -0.25) is 4.79 Å². The van der Waals surface area contributed by atoms with Crippen molar-refractivity contribution in [2.75, 3.05) is 13.9 Å². The minimum absolute atomic E-state index is 0.0681. The molecule has 1 N–H and O–H groups in total. The SMILES string of the molecule is COCOC(C)(C#CC(=O)c1c[nH]c2ncc(Br)nc12)c1cccc(F)c1. The highest BCUT2D eigenvalue weighted by Crippen LogP contribution is 2.25. The maximum absolute atomic E-state index is 13.6. The third-order valence-corrected chi connectivity index (χ3v) is 4.23. The molecule has 0 bridgehead atoms. The highest BCUT2D eigenvalue weighted by Gasteiger charge is 2.26. The molecule has 0 saturated carbocycles. The van der Waals surface area contributed by atoms with Crippen LogP contribution >= 0.6 is 15.9 Å². The van der Waals surface area contributed by atoms with Crippen LogP contribution in [-0.4, -0.2) is 34.6 Å². The lowest BCUT2D eigenvalue weighted by Crippen LogP contribution is -2.25. The Morgan fingerprint density at radius 3 is 3.00 bits per heavy atom. The molecule has 3 aromatic rings. The summed E-state index contributed by atoms with van der Waals surface area (Å²) in [7, 11) is 1.47. The number of fused-ring (bicyclic) bond motifs is 1. The number of aromatic amines is 1. The summed E-state index contributed by atoms with van der Waals surface area (Å²) < 4.78 is 24.7. The first-order valence-electron chi connectivity index (χ1n) is 7.89. The van der Waals surface area contributed by atoms with Crippen LogP contribution in [0.15, 0.2) is 41.3 Å². The zero-order chi connectivity index (χ0) is 19.4. The maximum atomic E-state index is 13.6. The van der Waals surface area contributed by atoms with Crippen LogP contribution in [0.5, 0.6) is 0 Å². The van der Waals surface area contributed by atoms with Crippen LogP contribution in [0, 0.1) is 17.7 Å². The van der Waals surface area contributed by atoms with Gasteiger partial charge in [0.05, 0.1) is 11.8 Å². The Hall–Kier alpha value is -2.60. The highest BCUT2D eigenvalue weighted by molar-refractivity contribution is 9.10. The first-order valence-corrected chi connectivity index (χ1v) is 8.68. The molecule has 1 unspecified atom stereocenters. The van der Waals surface area contributed by atoms with E-state index in [2.05, 4.69) is 42.7 Å². The molecule has 0 aliphatic heterocycles. The van der Waals surface area contributed by atoms with Gasteiger partial charge in [-0.25, -0.2) is 14.4 Å². The second kappa shape index (κ2) is 7.96. The third kappa shape index (κ3) is 4.22. The van der Waals surface area contributed by atoms with Gasteiger partial charge in [0.25, 0.3) is 0 Å². The number of ketones is 1. The van der Waals surface area contributed by atoms with E-state index in [1.807, 2.05) is 0 Å². The summed E-state index contributed by atoms with van der Waals surface area (Å²) in [6, 6.07) is 5.85. The quantitative estimate of drug-likeness (QED) is 0.289. The molecule has 3 rings (SSSR count). The largest absolute Gasteiger partial charge is 0.359 e. The molecule has 0 aliphatic rings. The van der Waals surface area contributed by atoms with Crippen LogP contribution in [0.1, 0.15) is 22.8 Å². The average molecular weight is 432 g/mol. The summed E-state index contributed by atoms with van der Waals surface area (Å²) >= 11 is 3.23. The fourth-order valence-corrected chi connectivity index (χ4v) is 2.72. The molecular formula is C19H15BrFN3O3. The van der Waals surface area contributed by atoms with Gasteiger partial charge in [0, 0.05) is 13.3 Å². The smallest absolute Gasteiger partial charge is 0.239 e. The number of nitrogens with zero attached hydrogens (tertiary/aromatic N) is 2. The number of ether oxygens (including phenoxy) is 2. The topological polar surface area (TPSA) is 77.1 Å². The Balaban J connectivity index is 1.97. The van der Waals surface area contributed by atoms with Gasteiger partial charge in [-0.2, -0.15) is 0 Å². The monoisotopic (exact) mass is 431 g/mol. The molecule has 0 amide bonds. The Morgan fingerprint density at radius 1 is 1.44 bits per heavy atom. The van der Waals surface area contributed by atoms with E-state index in [1.165, 1.54) is 31.6 Å². The van der Waals surface area contributed by atoms with Crippen LogP contribution in [-0.2, 0) is 15.1 Å². The Labute approximate surface area is 163 Å². The minimum Gasteiger partial charge on any atom is -0.359 e. The predicted octanol–water partition coefficient (Wildman–Crippen LogP) is 3.58. The molecule has 1 aromatic carbocycles. The summed E-state index contributed by atoms with van der Waals surface area (Å²) in [4.78, 5) is 23.9. The molecule has 0 aliphatic carbocycles. The molecule has 138 valence electrons. The number of hydrogen-bond acceptors (Lipinski definition) is 5. The second-order valence-corrected chi connectivity index (χ2v) is 6.58. The first-order chi connectivity index (χ1) is 12.9. The normalized spacial score (nSPS) is 13.0. The van der Waals surface area contributed by atoms with Crippen LogP contribution < -0.4 is 0 Å². The minimum atomic E-state index is -1.23. The van der Waals surface area contributed by atoms with E-state index in [1.54, 1.807) is 19.1 Å². The summed E-state index contributed by atoms with van der Waals surface area (Å²) in [5, 5.41) is 0. The molecular weight excluding hydrogens is 417 g/mol. The molecule has 0 saturated heterocycles. The molecule has 27 heavy (non-hydrogen) atoms. The number of methoxy groups -OCH3 is 1. The fourth-order valence-electron chi connectivity index (χ4n) is 2.44. The van der Waals surface area contributed by atoms with Crippen LogP contribution in [0.25, 0.3) is 11.2 Å². The third-order valence-electron chi connectivity index (χ3n) is 3.85. The fraction of sp³-hybridized carbons (Fsp3) is 0.211. The summed E-state index contributed by atoms with van der Waals surface area (Å²) in [6.45, 7) is 1.58. The van der Waals surface area contributed by atoms with Gasteiger partial charge in [0.2, 0.25) is 5.78 Å². The van der Waals surface area contributed by atoms with Crippen molar-refractivity contribution < 1.29 is 18.7 Å².